The Hall–Kier alpha value is -6.38. The Morgan fingerprint density at radius 3 is 1.80 bits per heavy atom. The van der Waals surface area contributed by atoms with Gasteiger partial charge in [0.25, 0.3) is 0 Å². The molecule has 2 heteroatoms. The molecule has 0 saturated heterocycles. The number of fused-ring (bicyclic) bond motifs is 9. The van der Waals surface area contributed by atoms with Crippen LogP contribution in [0.15, 0.2) is 181 Å². The topological polar surface area (TPSA) is 25.8 Å². The Kier molecular flexibility index (Phi) is 7.52. The van der Waals surface area contributed by atoms with Crippen LogP contribution in [0, 0.1) is 0 Å². The van der Waals surface area contributed by atoms with Gasteiger partial charge in [-0.3, -0.25) is 0 Å². The molecule has 1 aromatic heterocycles. The summed E-state index contributed by atoms with van der Waals surface area (Å²) in [5.41, 5.74) is 21.8. The molecule has 11 rings (SSSR count). The Morgan fingerprint density at radius 1 is 0.418 bits per heavy atom. The van der Waals surface area contributed by atoms with Crippen molar-refractivity contribution in [1.29, 1.82) is 0 Å². The zero-order chi connectivity index (χ0) is 36.3. The van der Waals surface area contributed by atoms with Crippen molar-refractivity contribution >= 4 is 11.1 Å². The first kappa shape index (κ1) is 32.1. The molecule has 4 aliphatic carbocycles. The van der Waals surface area contributed by atoms with Crippen molar-refractivity contribution in [2.24, 2.45) is 0 Å². The third-order valence-corrected chi connectivity index (χ3v) is 12.4. The Bertz CT molecular complexity index is 2690. The Morgan fingerprint density at radius 2 is 1.02 bits per heavy atom. The maximum atomic E-state index is 5.12. The summed E-state index contributed by atoms with van der Waals surface area (Å²) in [4.78, 5) is 10.1. The van der Waals surface area contributed by atoms with Crippen LogP contribution < -0.4 is 0 Å². The van der Waals surface area contributed by atoms with E-state index in [-0.39, 0.29) is 5.41 Å². The molecular formula is C53H40N2. The van der Waals surface area contributed by atoms with Gasteiger partial charge < -0.3 is 0 Å². The van der Waals surface area contributed by atoms with Gasteiger partial charge in [0.15, 0.2) is 5.82 Å². The lowest BCUT2D eigenvalue weighted by Crippen LogP contribution is -2.28. The van der Waals surface area contributed by atoms with Gasteiger partial charge in [0, 0.05) is 16.7 Å². The average Bonchev–Trinajstić information content (AvgIpc) is 3.74. The van der Waals surface area contributed by atoms with Crippen LogP contribution in [0.5, 0.6) is 0 Å². The number of benzene rings is 6. The van der Waals surface area contributed by atoms with Crippen LogP contribution in [0.2, 0.25) is 0 Å². The molecule has 0 aliphatic heterocycles. The van der Waals surface area contributed by atoms with Gasteiger partial charge in [-0.2, -0.15) is 0 Å². The van der Waals surface area contributed by atoms with Gasteiger partial charge in [0.05, 0.1) is 16.8 Å². The highest BCUT2D eigenvalue weighted by Gasteiger charge is 2.54. The second kappa shape index (κ2) is 12.9. The van der Waals surface area contributed by atoms with E-state index in [1.165, 1.54) is 81.3 Å². The van der Waals surface area contributed by atoms with Crippen molar-refractivity contribution in [3.63, 3.8) is 0 Å². The molecule has 1 heterocycles. The van der Waals surface area contributed by atoms with Crippen LogP contribution in [0.3, 0.4) is 0 Å². The summed E-state index contributed by atoms with van der Waals surface area (Å²) in [6.07, 6.45) is 12.2. The van der Waals surface area contributed by atoms with Crippen LogP contribution >= 0.6 is 0 Å². The van der Waals surface area contributed by atoms with E-state index in [4.69, 9.17) is 9.97 Å². The van der Waals surface area contributed by atoms with E-state index in [1.54, 1.807) is 11.1 Å². The fraction of sp³-hybridized carbons (Fsp3) is 0.132. The minimum absolute atomic E-state index is 0.176. The fourth-order valence-corrected chi connectivity index (χ4v) is 9.97. The third-order valence-electron chi connectivity index (χ3n) is 12.4. The molecule has 0 radical (unpaired) electrons. The van der Waals surface area contributed by atoms with Crippen LogP contribution in [-0.4, -0.2) is 9.97 Å². The fourth-order valence-electron chi connectivity index (χ4n) is 9.97. The van der Waals surface area contributed by atoms with Crippen LogP contribution in [-0.2, 0) is 5.41 Å². The second-order valence-electron chi connectivity index (χ2n) is 15.4. The molecule has 0 saturated carbocycles. The highest BCUT2D eigenvalue weighted by atomic mass is 14.9. The van der Waals surface area contributed by atoms with Gasteiger partial charge in [-0.1, -0.05) is 146 Å². The molecule has 4 aliphatic rings. The maximum absolute atomic E-state index is 5.12. The molecule has 0 N–H and O–H groups in total. The van der Waals surface area contributed by atoms with E-state index in [2.05, 4.69) is 146 Å². The van der Waals surface area contributed by atoms with Crippen molar-refractivity contribution in [3.8, 4) is 56.2 Å². The van der Waals surface area contributed by atoms with E-state index in [0.29, 0.717) is 0 Å². The van der Waals surface area contributed by atoms with E-state index in [0.717, 1.165) is 46.7 Å². The number of hydrogen-bond donors (Lipinski definition) is 0. The van der Waals surface area contributed by atoms with Crippen molar-refractivity contribution in [2.45, 2.75) is 43.9 Å². The van der Waals surface area contributed by atoms with Gasteiger partial charge in [0.2, 0.25) is 0 Å². The summed E-state index contributed by atoms with van der Waals surface area (Å²) in [6.45, 7) is 0. The normalized spacial score (nSPS) is 18.0. The summed E-state index contributed by atoms with van der Waals surface area (Å²) >= 11 is 0. The lowest BCUT2D eigenvalue weighted by atomic mass is 9.66. The molecule has 1 spiro atoms. The molecule has 0 fully saturated rings. The maximum Gasteiger partial charge on any atom is 0.160 e. The van der Waals surface area contributed by atoms with Crippen molar-refractivity contribution in [3.05, 3.63) is 203 Å². The van der Waals surface area contributed by atoms with Gasteiger partial charge in [0.1, 0.15) is 0 Å². The van der Waals surface area contributed by atoms with Gasteiger partial charge in [-0.05, 0) is 130 Å². The number of hydrogen-bond acceptors (Lipinski definition) is 2. The minimum Gasteiger partial charge on any atom is -0.228 e. The lowest BCUT2D eigenvalue weighted by Gasteiger charge is -2.35. The van der Waals surface area contributed by atoms with Crippen LogP contribution in [0.25, 0.3) is 67.3 Å². The van der Waals surface area contributed by atoms with Crippen LogP contribution in [0.4, 0.5) is 0 Å². The number of aromatic nitrogens is 2. The van der Waals surface area contributed by atoms with Crippen molar-refractivity contribution in [2.75, 3.05) is 0 Å². The number of nitrogens with zero attached hydrogens (tertiary/aromatic N) is 2. The zero-order valence-corrected chi connectivity index (χ0v) is 30.8. The first-order chi connectivity index (χ1) is 27.3. The van der Waals surface area contributed by atoms with Gasteiger partial charge >= 0.3 is 0 Å². The molecule has 262 valence electrons. The molecule has 1 atom stereocenters. The van der Waals surface area contributed by atoms with E-state index < -0.39 is 0 Å². The zero-order valence-electron chi connectivity index (χ0n) is 30.8. The summed E-state index contributed by atoms with van der Waals surface area (Å²) in [6, 6.07) is 57.3. The van der Waals surface area contributed by atoms with Gasteiger partial charge in [-0.15, -0.1) is 0 Å². The van der Waals surface area contributed by atoms with Crippen LogP contribution in [0.1, 0.15) is 60.8 Å². The SMILES string of the molecule is C1=C2C(=CCC1)C1(C3=C(CCCC3)c3ccc(-c4cccc(-c5cccc(-c6cc(-c7ccccc7)nc(-c7ccccc7)n6)c5)c4)cc31)c1ccccc12. The summed E-state index contributed by atoms with van der Waals surface area (Å²) in [5.74, 6) is 0.728. The Balaban J connectivity index is 1.01. The lowest BCUT2D eigenvalue weighted by molar-refractivity contribution is 0.639. The summed E-state index contributed by atoms with van der Waals surface area (Å²) in [5, 5.41) is 0. The average molecular weight is 705 g/mol. The smallest absolute Gasteiger partial charge is 0.160 e. The van der Waals surface area contributed by atoms with E-state index in [9.17, 15) is 0 Å². The quantitative estimate of drug-likeness (QED) is 0.178. The predicted molar refractivity (Wildman–Crippen MR) is 227 cm³/mol. The third kappa shape index (κ3) is 5.08. The molecule has 0 amide bonds. The van der Waals surface area contributed by atoms with Gasteiger partial charge in [-0.25, -0.2) is 9.97 Å². The molecule has 7 aromatic rings. The van der Waals surface area contributed by atoms with Crippen molar-refractivity contribution in [1.82, 2.24) is 9.97 Å². The van der Waals surface area contributed by atoms with E-state index in [1.807, 2.05) is 24.3 Å². The largest absolute Gasteiger partial charge is 0.228 e. The molecule has 55 heavy (non-hydrogen) atoms. The standard InChI is InChI=1S/C53H40N2/c1-3-15-35(16-4-1)50-34-51(55-52(54-50)36-17-5-2-6-18-36)41-22-14-21-39(32-41)37-19-13-20-38(31-37)40-29-30-45-44-25-9-12-28-48(44)53(49(45)33-40)46-26-10-7-23-42(46)43-24-8-11-27-47(43)53/h1-7,10,13-24,26-27,29-34H,8-9,11-12,25,28H2. The highest BCUT2D eigenvalue weighted by Crippen LogP contribution is 2.66. The number of allylic oxidation sites excluding steroid dienone is 6. The number of rotatable bonds is 5. The Labute approximate surface area is 323 Å². The molecule has 2 nitrogen and oxygen atoms in total. The van der Waals surface area contributed by atoms with Crippen molar-refractivity contribution < 1.29 is 0 Å². The summed E-state index contributed by atoms with van der Waals surface area (Å²) < 4.78 is 0. The second-order valence-corrected chi connectivity index (χ2v) is 15.4. The monoisotopic (exact) mass is 704 g/mol. The molecule has 1 unspecified atom stereocenters. The summed E-state index contributed by atoms with van der Waals surface area (Å²) in [7, 11) is 0. The highest BCUT2D eigenvalue weighted by molar-refractivity contribution is 6.00. The molecule has 0 bridgehead atoms. The first-order valence-electron chi connectivity index (χ1n) is 19.9. The minimum atomic E-state index is -0.176. The molecular weight excluding hydrogens is 665 g/mol. The predicted octanol–water partition coefficient (Wildman–Crippen LogP) is 13.6. The molecule has 6 aromatic carbocycles. The first-order valence-corrected chi connectivity index (χ1v) is 19.9. The van der Waals surface area contributed by atoms with E-state index >= 15 is 0 Å².